The van der Waals surface area contributed by atoms with Gasteiger partial charge in [-0.3, -0.25) is 9.69 Å². The maximum Gasteiger partial charge on any atom is 0.219 e. The van der Waals surface area contributed by atoms with Crippen LogP contribution in [0.5, 0.6) is 0 Å². The number of piperazine rings is 1. The fourth-order valence-corrected chi connectivity index (χ4v) is 3.00. The molecule has 1 fully saturated rings. The van der Waals surface area contributed by atoms with Crippen LogP contribution in [0.2, 0.25) is 0 Å². The Labute approximate surface area is 117 Å². The van der Waals surface area contributed by atoms with Crippen LogP contribution in [0.3, 0.4) is 0 Å². The van der Waals surface area contributed by atoms with E-state index in [2.05, 4.69) is 16.7 Å². The number of aliphatic hydroxyl groups is 1. The Bertz CT molecular complexity index is 493. The summed E-state index contributed by atoms with van der Waals surface area (Å²) in [7, 11) is 0. The number of hydrogen-bond acceptors (Lipinski definition) is 4. The van der Waals surface area contributed by atoms with Crippen LogP contribution in [-0.2, 0) is 11.3 Å². The molecule has 0 aromatic carbocycles. The summed E-state index contributed by atoms with van der Waals surface area (Å²) < 4.78 is 0. The number of thiophene rings is 1. The van der Waals surface area contributed by atoms with Crippen molar-refractivity contribution in [3.05, 3.63) is 21.9 Å². The number of nitrogens with zero attached hydrogens (tertiary/aromatic N) is 2. The minimum Gasteiger partial charge on any atom is -0.384 e. The maximum absolute atomic E-state index is 11.3. The minimum absolute atomic E-state index is 0.105. The number of aliphatic hydroxyl groups excluding tert-OH is 1. The summed E-state index contributed by atoms with van der Waals surface area (Å²) in [6.45, 7) is 5.81. The second kappa shape index (κ2) is 6.71. The summed E-state index contributed by atoms with van der Waals surface area (Å²) in [5.41, 5.74) is 1.01. The molecule has 0 aliphatic carbocycles. The Morgan fingerprint density at radius 2 is 2.16 bits per heavy atom. The molecular formula is C14H18N2O2S. The van der Waals surface area contributed by atoms with Gasteiger partial charge in [-0.05, 0) is 11.4 Å². The second-order valence-corrected chi connectivity index (χ2v) is 5.50. The molecule has 1 aromatic heterocycles. The van der Waals surface area contributed by atoms with Crippen LogP contribution in [0.15, 0.2) is 11.4 Å². The Balaban J connectivity index is 1.92. The van der Waals surface area contributed by atoms with Gasteiger partial charge in [0.05, 0.1) is 0 Å². The Morgan fingerprint density at radius 1 is 1.42 bits per heavy atom. The van der Waals surface area contributed by atoms with Crippen LogP contribution < -0.4 is 0 Å². The van der Waals surface area contributed by atoms with Gasteiger partial charge in [-0.1, -0.05) is 11.8 Å². The van der Waals surface area contributed by atoms with Crippen molar-refractivity contribution in [2.75, 3.05) is 32.8 Å². The summed E-state index contributed by atoms with van der Waals surface area (Å²) in [4.78, 5) is 16.7. The molecule has 0 unspecified atom stereocenters. The van der Waals surface area contributed by atoms with Gasteiger partial charge < -0.3 is 10.0 Å². The Hall–Kier alpha value is -1.35. The zero-order valence-electron chi connectivity index (χ0n) is 11.1. The fourth-order valence-electron chi connectivity index (χ4n) is 2.13. The van der Waals surface area contributed by atoms with E-state index >= 15 is 0 Å². The van der Waals surface area contributed by atoms with E-state index in [1.165, 1.54) is 4.88 Å². The van der Waals surface area contributed by atoms with Crippen LogP contribution in [0.4, 0.5) is 0 Å². The topological polar surface area (TPSA) is 43.8 Å². The van der Waals surface area contributed by atoms with Gasteiger partial charge in [-0.15, -0.1) is 11.3 Å². The van der Waals surface area contributed by atoms with Gasteiger partial charge in [0.1, 0.15) is 6.61 Å². The lowest BCUT2D eigenvalue weighted by atomic mass is 10.2. The first-order chi connectivity index (χ1) is 9.20. The van der Waals surface area contributed by atoms with Crippen molar-refractivity contribution in [2.24, 2.45) is 0 Å². The third-order valence-electron chi connectivity index (χ3n) is 3.23. The van der Waals surface area contributed by atoms with Crippen LogP contribution in [0, 0.1) is 11.8 Å². The van der Waals surface area contributed by atoms with Crippen molar-refractivity contribution < 1.29 is 9.90 Å². The SMILES string of the molecule is CC(=O)N1CCN(Cc2sccc2C#CCO)CC1. The summed E-state index contributed by atoms with van der Waals surface area (Å²) in [5, 5.41) is 10.8. The summed E-state index contributed by atoms with van der Waals surface area (Å²) in [5.74, 6) is 5.83. The van der Waals surface area contributed by atoms with Crippen LogP contribution in [0.25, 0.3) is 0 Å². The van der Waals surface area contributed by atoms with E-state index in [1.54, 1.807) is 18.3 Å². The van der Waals surface area contributed by atoms with Crippen LogP contribution in [-0.4, -0.2) is 53.6 Å². The number of amides is 1. The Kier molecular flexibility index (Phi) is 4.97. The fraction of sp³-hybridized carbons (Fsp3) is 0.500. The molecule has 0 bridgehead atoms. The molecule has 1 N–H and O–H groups in total. The highest BCUT2D eigenvalue weighted by molar-refractivity contribution is 7.10. The first-order valence-electron chi connectivity index (χ1n) is 6.34. The van der Waals surface area contributed by atoms with Gasteiger partial charge >= 0.3 is 0 Å². The molecule has 0 saturated carbocycles. The average molecular weight is 278 g/mol. The van der Waals surface area contributed by atoms with Crippen molar-refractivity contribution in [2.45, 2.75) is 13.5 Å². The quantitative estimate of drug-likeness (QED) is 0.812. The van der Waals surface area contributed by atoms with Crippen molar-refractivity contribution in [3.8, 4) is 11.8 Å². The molecule has 1 aliphatic heterocycles. The molecule has 2 rings (SSSR count). The third kappa shape index (κ3) is 3.80. The van der Waals surface area contributed by atoms with E-state index in [4.69, 9.17) is 5.11 Å². The molecule has 19 heavy (non-hydrogen) atoms. The van der Waals surface area contributed by atoms with E-state index in [-0.39, 0.29) is 12.5 Å². The second-order valence-electron chi connectivity index (χ2n) is 4.50. The first kappa shape index (κ1) is 14.1. The summed E-state index contributed by atoms with van der Waals surface area (Å²) >= 11 is 1.69. The summed E-state index contributed by atoms with van der Waals surface area (Å²) in [6, 6.07) is 1.99. The molecule has 2 heterocycles. The predicted octanol–water partition coefficient (Wildman–Crippen LogP) is 0.756. The largest absolute Gasteiger partial charge is 0.384 e. The Morgan fingerprint density at radius 3 is 2.79 bits per heavy atom. The van der Waals surface area contributed by atoms with Gasteiger partial charge in [0.25, 0.3) is 0 Å². The maximum atomic E-state index is 11.3. The van der Waals surface area contributed by atoms with Crippen LogP contribution >= 0.6 is 11.3 Å². The number of rotatable bonds is 2. The predicted molar refractivity (Wildman–Crippen MR) is 75.8 cm³/mol. The van der Waals surface area contributed by atoms with Gasteiger partial charge in [0.15, 0.2) is 0 Å². The standard InChI is InChI=1S/C14H18N2O2S/c1-12(18)16-7-5-15(6-8-16)11-14-13(3-2-9-17)4-10-19-14/h4,10,17H,5-9,11H2,1H3. The molecule has 0 atom stereocenters. The molecule has 0 radical (unpaired) electrons. The van der Waals surface area contributed by atoms with Gasteiger partial charge in [0.2, 0.25) is 5.91 Å². The van der Waals surface area contributed by atoms with Gasteiger partial charge in [0, 0.05) is 50.1 Å². The highest BCUT2D eigenvalue weighted by atomic mass is 32.1. The molecule has 1 aromatic rings. The monoisotopic (exact) mass is 278 g/mol. The van der Waals surface area contributed by atoms with E-state index in [1.807, 2.05) is 16.3 Å². The van der Waals surface area contributed by atoms with E-state index in [0.29, 0.717) is 0 Å². The zero-order chi connectivity index (χ0) is 13.7. The molecule has 1 saturated heterocycles. The lowest BCUT2D eigenvalue weighted by Crippen LogP contribution is -2.47. The third-order valence-corrected chi connectivity index (χ3v) is 4.14. The van der Waals surface area contributed by atoms with E-state index in [0.717, 1.165) is 38.3 Å². The number of hydrogen-bond donors (Lipinski definition) is 1. The van der Waals surface area contributed by atoms with Crippen molar-refractivity contribution >= 4 is 17.2 Å². The highest BCUT2D eigenvalue weighted by Gasteiger charge is 2.19. The molecule has 102 valence electrons. The van der Waals surface area contributed by atoms with E-state index in [9.17, 15) is 4.79 Å². The molecule has 0 spiro atoms. The number of carbonyl (C=O) groups excluding carboxylic acids is 1. The minimum atomic E-state index is -0.105. The molecule has 1 aliphatic rings. The zero-order valence-corrected chi connectivity index (χ0v) is 11.9. The van der Waals surface area contributed by atoms with Crippen molar-refractivity contribution in [1.29, 1.82) is 0 Å². The smallest absolute Gasteiger partial charge is 0.219 e. The molecular weight excluding hydrogens is 260 g/mol. The lowest BCUT2D eigenvalue weighted by Gasteiger charge is -2.33. The van der Waals surface area contributed by atoms with Crippen molar-refractivity contribution in [1.82, 2.24) is 9.80 Å². The van der Waals surface area contributed by atoms with Crippen molar-refractivity contribution in [3.63, 3.8) is 0 Å². The van der Waals surface area contributed by atoms with Crippen LogP contribution in [0.1, 0.15) is 17.4 Å². The highest BCUT2D eigenvalue weighted by Crippen LogP contribution is 2.19. The molecule has 5 heteroatoms. The first-order valence-corrected chi connectivity index (χ1v) is 7.22. The summed E-state index contributed by atoms with van der Waals surface area (Å²) in [6.07, 6.45) is 0. The molecule has 4 nitrogen and oxygen atoms in total. The van der Waals surface area contributed by atoms with Gasteiger partial charge in [-0.2, -0.15) is 0 Å². The molecule has 1 amide bonds. The van der Waals surface area contributed by atoms with E-state index < -0.39 is 0 Å². The number of carbonyl (C=O) groups is 1. The normalized spacial score (nSPS) is 16.0. The van der Waals surface area contributed by atoms with Gasteiger partial charge in [-0.25, -0.2) is 0 Å². The average Bonchev–Trinajstić information content (AvgIpc) is 2.84. The lowest BCUT2D eigenvalue weighted by molar-refractivity contribution is -0.130.